The smallest absolute Gasteiger partial charge is 0.344 e. The largest absolute Gasteiger partial charge is 0.449 e. The van der Waals surface area contributed by atoms with Crippen LogP contribution in [0.4, 0.5) is 0 Å². The van der Waals surface area contributed by atoms with E-state index in [1.807, 2.05) is 12.1 Å². The lowest BCUT2D eigenvalue weighted by atomic mass is 10.2. The van der Waals surface area contributed by atoms with Crippen molar-refractivity contribution in [2.24, 2.45) is 0 Å². The van der Waals surface area contributed by atoms with Crippen molar-refractivity contribution in [3.63, 3.8) is 0 Å². The highest BCUT2D eigenvalue weighted by Gasteiger charge is 2.24. The van der Waals surface area contributed by atoms with Crippen LogP contribution in [0.25, 0.3) is 0 Å². The molecule has 0 saturated carbocycles. The van der Waals surface area contributed by atoms with Crippen molar-refractivity contribution in [3.05, 3.63) is 51.9 Å². The van der Waals surface area contributed by atoms with E-state index in [1.165, 1.54) is 6.92 Å². The second kappa shape index (κ2) is 7.28. The summed E-state index contributed by atoms with van der Waals surface area (Å²) in [5.41, 5.74) is 1.58. The summed E-state index contributed by atoms with van der Waals surface area (Å²) in [5.74, 6) is -0.656. The lowest BCUT2D eigenvalue weighted by Gasteiger charge is -2.13. The van der Waals surface area contributed by atoms with Gasteiger partial charge in [-0.05, 0) is 38.5 Å². The summed E-state index contributed by atoms with van der Waals surface area (Å²) in [6, 6.07) is 7.10. The number of ether oxygens (including phenoxy) is 1. The molecule has 1 unspecified atom stereocenters. The number of carbonyl (C=O) groups excluding carboxylic acids is 2. The molecule has 0 bridgehead atoms. The minimum atomic E-state index is -0.927. The first-order valence-electron chi connectivity index (χ1n) is 7.04. The maximum atomic E-state index is 12.1. The summed E-state index contributed by atoms with van der Waals surface area (Å²) in [7, 11) is 0. The molecule has 1 N–H and O–H groups in total. The average molecular weight is 337 g/mol. The molecule has 1 heterocycles. The Hall–Kier alpha value is -2.34. The summed E-state index contributed by atoms with van der Waals surface area (Å²) >= 11 is 5.80. The van der Waals surface area contributed by atoms with E-state index >= 15 is 0 Å². The molecule has 122 valence electrons. The number of aromatic nitrogens is 1. The third kappa shape index (κ3) is 4.32. The number of halogens is 1. The fraction of sp³-hybridized carbons (Fsp3) is 0.312. The fourth-order valence-corrected chi connectivity index (χ4v) is 2.11. The summed E-state index contributed by atoms with van der Waals surface area (Å²) in [6.45, 7) is 5.08. The monoisotopic (exact) mass is 336 g/mol. The number of esters is 1. The zero-order valence-corrected chi connectivity index (χ0v) is 13.8. The highest BCUT2D eigenvalue weighted by atomic mass is 35.5. The number of carbonyl (C=O) groups is 2. The lowest BCUT2D eigenvalue weighted by Crippen LogP contribution is -2.35. The fourth-order valence-electron chi connectivity index (χ4n) is 1.98. The first kappa shape index (κ1) is 17.0. The Morgan fingerprint density at radius 2 is 1.96 bits per heavy atom. The molecule has 2 rings (SSSR count). The van der Waals surface area contributed by atoms with E-state index in [0.717, 1.165) is 5.56 Å². The van der Waals surface area contributed by atoms with E-state index in [-0.39, 0.29) is 11.5 Å². The van der Waals surface area contributed by atoms with Gasteiger partial charge in [-0.3, -0.25) is 4.79 Å². The normalized spacial score (nSPS) is 11.8. The van der Waals surface area contributed by atoms with Crippen LogP contribution in [0.3, 0.4) is 0 Å². The summed E-state index contributed by atoms with van der Waals surface area (Å²) < 4.78 is 10.1. The van der Waals surface area contributed by atoms with Crippen LogP contribution in [0.2, 0.25) is 5.02 Å². The predicted octanol–water partition coefficient (Wildman–Crippen LogP) is 2.81. The Bertz CT molecular complexity index is 690. The number of amides is 1. The molecule has 6 nitrogen and oxygen atoms in total. The summed E-state index contributed by atoms with van der Waals surface area (Å²) in [4.78, 5) is 24.1. The Morgan fingerprint density at radius 3 is 2.52 bits per heavy atom. The second-order valence-electron chi connectivity index (χ2n) is 5.09. The lowest BCUT2D eigenvalue weighted by molar-refractivity contribution is -0.129. The molecule has 1 atom stereocenters. The van der Waals surface area contributed by atoms with Crippen molar-refractivity contribution < 1.29 is 18.8 Å². The van der Waals surface area contributed by atoms with Gasteiger partial charge in [0.1, 0.15) is 11.3 Å². The summed E-state index contributed by atoms with van der Waals surface area (Å²) in [6.07, 6.45) is -0.927. The zero-order chi connectivity index (χ0) is 17.0. The Balaban J connectivity index is 1.90. The topological polar surface area (TPSA) is 81.4 Å². The van der Waals surface area contributed by atoms with Crippen LogP contribution >= 0.6 is 11.6 Å². The number of benzene rings is 1. The molecule has 0 aliphatic heterocycles. The first-order chi connectivity index (χ1) is 10.9. The molecule has 0 aliphatic carbocycles. The van der Waals surface area contributed by atoms with Crippen LogP contribution in [0.1, 0.15) is 34.3 Å². The zero-order valence-electron chi connectivity index (χ0n) is 13.1. The summed E-state index contributed by atoms with van der Waals surface area (Å²) in [5, 5.41) is 7.01. The molecule has 0 fully saturated rings. The van der Waals surface area contributed by atoms with Gasteiger partial charge in [-0.2, -0.15) is 0 Å². The van der Waals surface area contributed by atoms with E-state index < -0.39 is 12.1 Å². The van der Waals surface area contributed by atoms with E-state index in [2.05, 4.69) is 10.5 Å². The van der Waals surface area contributed by atoms with Gasteiger partial charge in [-0.25, -0.2) is 4.79 Å². The Morgan fingerprint density at radius 1 is 1.30 bits per heavy atom. The van der Waals surface area contributed by atoms with Crippen molar-refractivity contribution in [3.8, 4) is 0 Å². The van der Waals surface area contributed by atoms with Crippen LogP contribution < -0.4 is 5.32 Å². The van der Waals surface area contributed by atoms with Crippen LogP contribution in [-0.4, -0.2) is 23.1 Å². The van der Waals surface area contributed by atoms with Crippen LogP contribution in [0.5, 0.6) is 0 Å². The average Bonchev–Trinajstić information content (AvgIpc) is 2.85. The maximum absolute atomic E-state index is 12.1. The predicted molar refractivity (Wildman–Crippen MR) is 84.2 cm³/mol. The standard InChI is InChI=1S/C16H17ClN2O4/c1-9-14(10(2)23-19-9)16(21)22-11(3)15(20)18-8-12-4-6-13(17)7-5-12/h4-7,11H,8H2,1-3H3,(H,18,20). The number of nitrogens with zero attached hydrogens (tertiary/aromatic N) is 1. The molecular formula is C16H17ClN2O4. The van der Waals surface area contributed by atoms with Crippen LogP contribution in [0.15, 0.2) is 28.8 Å². The van der Waals surface area contributed by atoms with Crippen LogP contribution in [-0.2, 0) is 16.1 Å². The van der Waals surface area contributed by atoms with Gasteiger partial charge in [0.05, 0.1) is 5.69 Å². The molecule has 7 heteroatoms. The molecular weight excluding hydrogens is 320 g/mol. The van der Waals surface area contributed by atoms with E-state index in [9.17, 15) is 9.59 Å². The molecule has 1 aromatic carbocycles. The second-order valence-corrected chi connectivity index (χ2v) is 5.53. The number of rotatable bonds is 5. The molecule has 23 heavy (non-hydrogen) atoms. The number of hydrogen-bond donors (Lipinski definition) is 1. The highest BCUT2D eigenvalue weighted by molar-refractivity contribution is 6.30. The van der Waals surface area contributed by atoms with Gasteiger partial charge in [0, 0.05) is 11.6 Å². The SMILES string of the molecule is Cc1noc(C)c1C(=O)OC(C)C(=O)NCc1ccc(Cl)cc1. The minimum absolute atomic E-state index is 0.252. The first-order valence-corrected chi connectivity index (χ1v) is 7.42. The van der Waals surface area contributed by atoms with Gasteiger partial charge in [0.25, 0.3) is 5.91 Å². The third-order valence-corrected chi connectivity index (χ3v) is 3.52. The maximum Gasteiger partial charge on any atom is 0.344 e. The third-order valence-electron chi connectivity index (χ3n) is 3.27. The van der Waals surface area contributed by atoms with Gasteiger partial charge in [0.2, 0.25) is 0 Å². The Labute approximate surface area is 138 Å². The van der Waals surface area contributed by atoms with Crippen molar-refractivity contribution in [1.82, 2.24) is 10.5 Å². The molecule has 0 aliphatic rings. The van der Waals surface area contributed by atoms with E-state index in [0.29, 0.717) is 23.0 Å². The molecule has 0 saturated heterocycles. The van der Waals surface area contributed by atoms with Gasteiger partial charge in [-0.15, -0.1) is 0 Å². The van der Waals surface area contributed by atoms with Crippen molar-refractivity contribution in [2.75, 3.05) is 0 Å². The number of nitrogens with one attached hydrogen (secondary N) is 1. The van der Waals surface area contributed by atoms with Crippen LogP contribution in [0, 0.1) is 13.8 Å². The van der Waals surface area contributed by atoms with Crippen molar-refractivity contribution in [2.45, 2.75) is 33.4 Å². The van der Waals surface area contributed by atoms with E-state index in [1.54, 1.807) is 26.0 Å². The molecule has 1 aromatic heterocycles. The highest BCUT2D eigenvalue weighted by Crippen LogP contribution is 2.14. The molecule has 0 spiro atoms. The van der Waals surface area contributed by atoms with Gasteiger partial charge in [-0.1, -0.05) is 28.9 Å². The number of hydrogen-bond acceptors (Lipinski definition) is 5. The van der Waals surface area contributed by atoms with Gasteiger partial charge in [0.15, 0.2) is 6.10 Å². The van der Waals surface area contributed by atoms with Crippen molar-refractivity contribution >= 4 is 23.5 Å². The van der Waals surface area contributed by atoms with E-state index in [4.69, 9.17) is 20.9 Å². The van der Waals surface area contributed by atoms with Crippen molar-refractivity contribution in [1.29, 1.82) is 0 Å². The molecule has 1 amide bonds. The number of aryl methyl sites for hydroxylation is 2. The molecule has 0 radical (unpaired) electrons. The van der Waals surface area contributed by atoms with Gasteiger partial charge < -0.3 is 14.6 Å². The quantitative estimate of drug-likeness (QED) is 0.849. The van der Waals surface area contributed by atoms with Gasteiger partial charge >= 0.3 is 5.97 Å². The molecule has 2 aromatic rings. The Kier molecular flexibility index (Phi) is 5.39. The minimum Gasteiger partial charge on any atom is -0.449 e.